The van der Waals surface area contributed by atoms with E-state index in [4.69, 9.17) is 23.2 Å². The molecule has 1 aromatic carbocycles. The van der Waals surface area contributed by atoms with Crippen LogP contribution in [0.4, 0.5) is 0 Å². The maximum atomic E-state index is 12.2. The van der Waals surface area contributed by atoms with Crippen molar-refractivity contribution in [2.75, 3.05) is 0 Å². The maximum absolute atomic E-state index is 12.2. The fourth-order valence-corrected chi connectivity index (χ4v) is 3.46. The lowest BCUT2D eigenvalue weighted by atomic mass is 10.2. The summed E-state index contributed by atoms with van der Waals surface area (Å²) >= 11 is 13.1. The molecule has 0 radical (unpaired) electrons. The fourth-order valence-electron chi connectivity index (χ4n) is 2.09. The number of carbonyl (C=O) groups excluding carboxylic acids is 2. The standard InChI is InChI=1S/C18H18Cl2N2O2S/c1-11-4-3-7-21-18(11)25-16(12(2)23)9-17(24)22-10-13-5-6-14(19)15(20)8-13/h3-8,16H,9-10H2,1-2H3,(H,22,24). The number of amides is 1. The van der Waals surface area contributed by atoms with E-state index in [0.29, 0.717) is 16.6 Å². The summed E-state index contributed by atoms with van der Waals surface area (Å²) in [7, 11) is 0. The number of hydrogen-bond acceptors (Lipinski definition) is 4. The largest absolute Gasteiger partial charge is 0.352 e. The van der Waals surface area contributed by atoms with Crippen molar-refractivity contribution in [3.63, 3.8) is 0 Å². The Labute approximate surface area is 161 Å². The van der Waals surface area contributed by atoms with Gasteiger partial charge in [-0.25, -0.2) is 4.98 Å². The van der Waals surface area contributed by atoms with Crippen molar-refractivity contribution < 1.29 is 9.59 Å². The van der Waals surface area contributed by atoms with Crippen LogP contribution in [0.5, 0.6) is 0 Å². The summed E-state index contributed by atoms with van der Waals surface area (Å²) in [5.74, 6) is -0.257. The van der Waals surface area contributed by atoms with Crippen LogP contribution < -0.4 is 5.32 Å². The van der Waals surface area contributed by atoms with Crippen molar-refractivity contribution in [2.45, 2.75) is 37.1 Å². The zero-order valence-corrected chi connectivity index (χ0v) is 16.2. The Hall–Kier alpha value is -1.56. The third-order valence-electron chi connectivity index (χ3n) is 3.51. The highest BCUT2D eigenvalue weighted by atomic mass is 35.5. The first-order chi connectivity index (χ1) is 11.9. The number of pyridine rings is 1. The molecule has 2 aromatic rings. The van der Waals surface area contributed by atoms with Crippen LogP contribution in [0.2, 0.25) is 10.0 Å². The van der Waals surface area contributed by atoms with Crippen LogP contribution in [0.15, 0.2) is 41.6 Å². The molecule has 1 amide bonds. The zero-order chi connectivity index (χ0) is 18.4. The lowest BCUT2D eigenvalue weighted by Crippen LogP contribution is -2.28. The lowest BCUT2D eigenvalue weighted by Gasteiger charge is -2.14. The van der Waals surface area contributed by atoms with E-state index in [9.17, 15) is 9.59 Å². The molecular formula is C18H18Cl2N2O2S. The number of ketones is 1. The number of aromatic nitrogens is 1. The molecule has 2 rings (SSSR count). The van der Waals surface area contributed by atoms with Gasteiger partial charge in [-0.2, -0.15) is 0 Å². The average molecular weight is 397 g/mol. The Morgan fingerprint density at radius 2 is 2.00 bits per heavy atom. The van der Waals surface area contributed by atoms with E-state index >= 15 is 0 Å². The molecule has 1 heterocycles. The molecule has 1 aromatic heterocycles. The van der Waals surface area contributed by atoms with Gasteiger partial charge in [0.2, 0.25) is 5.91 Å². The maximum Gasteiger partial charge on any atom is 0.221 e. The van der Waals surface area contributed by atoms with Gasteiger partial charge in [-0.15, -0.1) is 0 Å². The molecule has 0 aliphatic carbocycles. The minimum absolute atomic E-state index is 0.0558. The average Bonchev–Trinajstić information content (AvgIpc) is 2.57. The third-order valence-corrected chi connectivity index (χ3v) is 5.69. The Morgan fingerprint density at radius 1 is 1.24 bits per heavy atom. The highest BCUT2D eigenvalue weighted by Gasteiger charge is 2.21. The molecule has 132 valence electrons. The van der Waals surface area contributed by atoms with Crippen molar-refractivity contribution in [1.82, 2.24) is 10.3 Å². The molecule has 1 N–H and O–H groups in total. The van der Waals surface area contributed by atoms with Crippen LogP contribution >= 0.6 is 35.0 Å². The molecular weight excluding hydrogens is 379 g/mol. The molecule has 0 aliphatic heterocycles. The van der Waals surface area contributed by atoms with Crippen LogP contribution in [-0.4, -0.2) is 21.9 Å². The SMILES string of the molecule is CC(=O)C(CC(=O)NCc1ccc(Cl)c(Cl)c1)Sc1ncccc1C. The van der Waals surface area contributed by atoms with Gasteiger partial charge >= 0.3 is 0 Å². The van der Waals surface area contributed by atoms with Gasteiger partial charge in [0, 0.05) is 19.2 Å². The van der Waals surface area contributed by atoms with Crippen molar-refractivity contribution in [1.29, 1.82) is 0 Å². The monoisotopic (exact) mass is 396 g/mol. The summed E-state index contributed by atoms with van der Waals surface area (Å²) in [6.07, 6.45) is 1.77. The molecule has 0 fully saturated rings. The van der Waals surface area contributed by atoms with E-state index < -0.39 is 5.25 Å². The van der Waals surface area contributed by atoms with Crippen molar-refractivity contribution in [3.8, 4) is 0 Å². The Bertz CT molecular complexity index is 783. The molecule has 1 atom stereocenters. The molecule has 0 saturated carbocycles. The Balaban J connectivity index is 1.94. The van der Waals surface area contributed by atoms with Crippen LogP contribution in [0, 0.1) is 6.92 Å². The molecule has 0 spiro atoms. The second-order valence-corrected chi connectivity index (χ2v) is 7.58. The van der Waals surface area contributed by atoms with Crippen molar-refractivity contribution in [2.24, 2.45) is 0 Å². The van der Waals surface area contributed by atoms with Gasteiger partial charge in [0.05, 0.1) is 20.3 Å². The van der Waals surface area contributed by atoms with E-state index in [1.165, 1.54) is 18.7 Å². The number of rotatable bonds is 7. The number of aryl methyl sites for hydroxylation is 1. The number of nitrogens with one attached hydrogen (secondary N) is 1. The molecule has 0 bridgehead atoms. The predicted molar refractivity (Wildman–Crippen MR) is 102 cm³/mol. The summed E-state index contributed by atoms with van der Waals surface area (Å²) in [4.78, 5) is 28.4. The molecule has 1 unspecified atom stereocenters. The van der Waals surface area contributed by atoms with E-state index in [1.54, 1.807) is 24.4 Å². The van der Waals surface area contributed by atoms with Crippen LogP contribution in [0.1, 0.15) is 24.5 Å². The van der Waals surface area contributed by atoms with Gasteiger partial charge in [0.25, 0.3) is 0 Å². The molecule has 0 aliphatic rings. The number of thioether (sulfide) groups is 1. The summed E-state index contributed by atoms with van der Waals surface area (Å²) < 4.78 is 0. The second kappa shape index (κ2) is 9.22. The lowest BCUT2D eigenvalue weighted by molar-refractivity contribution is -0.124. The highest BCUT2D eigenvalue weighted by molar-refractivity contribution is 8.00. The van der Waals surface area contributed by atoms with Crippen LogP contribution in [0.3, 0.4) is 0 Å². The fraction of sp³-hybridized carbons (Fsp3) is 0.278. The minimum Gasteiger partial charge on any atom is -0.352 e. The minimum atomic E-state index is -0.470. The quantitative estimate of drug-likeness (QED) is 0.702. The van der Waals surface area contributed by atoms with Gasteiger partial charge in [-0.05, 0) is 43.2 Å². The van der Waals surface area contributed by atoms with E-state index in [2.05, 4.69) is 10.3 Å². The third kappa shape index (κ3) is 6.03. The molecule has 0 saturated heterocycles. The van der Waals surface area contributed by atoms with Crippen LogP contribution in [-0.2, 0) is 16.1 Å². The number of halogens is 2. The molecule has 4 nitrogen and oxygen atoms in total. The van der Waals surface area contributed by atoms with Gasteiger partial charge in [0.15, 0.2) is 0 Å². The topological polar surface area (TPSA) is 59.1 Å². The second-order valence-electron chi connectivity index (χ2n) is 5.57. The van der Waals surface area contributed by atoms with E-state index in [1.807, 2.05) is 19.1 Å². The highest BCUT2D eigenvalue weighted by Crippen LogP contribution is 2.27. The normalized spacial score (nSPS) is 11.8. The first-order valence-corrected chi connectivity index (χ1v) is 9.29. The van der Waals surface area contributed by atoms with E-state index in [-0.39, 0.29) is 18.1 Å². The number of nitrogens with zero attached hydrogens (tertiary/aromatic N) is 1. The van der Waals surface area contributed by atoms with Gasteiger partial charge in [-0.1, -0.05) is 47.1 Å². The van der Waals surface area contributed by atoms with Gasteiger partial charge < -0.3 is 5.32 Å². The number of benzene rings is 1. The summed E-state index contributed by atoms with van der Waals surface area (Å²) in [6.45, 7) is 3.74. The van der Waals surface area contributed by atoms with Gasteiger partial charge in [-0.3, -0.25) is 9.59 Å². The number of Topliss-reactive ketones (excluding diaryl/α,β-unsaturated/α-hetero) is 1. The molecule has 7 heteroatoms. The Kier molecular flexibility index (Phi) is 7.29. The van der Waals surface area contributed by atoms with Crippen molar-refractivity contribution >= 4 is 46.7 Å². The van der Waals surface area contributed by atoms with Crippen LogP contribution in [0.25, 0.3) is 0 Å². The zero-order valence-electron chi connectivity index (χ0n) is 13.9. The first-order valence-electron chi connectivity index (χ1n) is 7.66. The first kappa shape index (κ1) is 19.8. The summed E-state index contributed by atoms with van der Waals surface area (Å²) in [5.41, 5.74) is 1.82. The number of carbonyl (C=O) groups is 2. The van der Waals surface area contributed by atoms with Gasteiger partial charge in [0.1, 0.15) is 5.78 Å². The van der Waals surface area contributed by atoms with E-state index in [0.717, 1.165) is 16.2 Å². The van der Waals surface area contributed by atoms with Crippen molar-refractivity contribution in [3.05, 3.63) is 57.7 Å². The summed E-state index contributed by atoms with van der Waals surface area (Å²) in [5, 5.41) is 4.01. The summed E-state index contributed by atoms with van der Waals surface area (Å²) in [6, 6.07) is 8.95. The smallest absolute Gasteiger partial charge is 0.221 e. The predicted octanol–water partition coefficient (Wildman–Crippen LogP) is 4.45. The number of hydrogen-bond donors (Lipinski definition) is 1. The Morgan fingerprint density at radius 3 is 2.64 bits per heavy atom. The molecule has 25 heavy (non-hydrogen) atoms.